The average molecular weight is 405 g/mol. The Morgan fingerprint density at radius 3 is 2.92 bits per heavy atom. The number of rotatable bonds is 5. The summed E-state index contributed by atoms with van der Waals surface area (Å²) >= 11 is 3.34. The van der Waals surface area contributed by atoms with Crippen LogP contribution in [0.2, 0.25) is 0 Å². The maximum absolute atomic E-state index is 13.8. The third-order valence-corrected chi connectivity index (χ3v) is 5.55. The van der Waals surface area contributed by atoms with E-state index in [0.29, 0.717) is 24.0 Å². The molecule has 1 saturated carbocycles. The number of hydrogen-bond acceptors (Lipinski definition) is 3. The summed E-state index contributed by atoms with van der Waals surface area (Å²) < 4.78 is 25.5. The second-order valence-corrected chi connectivity index (χ2v) is 7.47. The minimum atomic E-state index is -0.275. The molecule has 0 aliphatic heterocycles. The third kappa shape index (κ3) is 3.06. The van der Waals surface area contributed by atoms with Gasteiger partial charge in [0, 0.05) is 16.0 Å². The van der Waals surface area contributed by atoms with Crippen LogP contribution < -0.4 is 4.74 Å². The molecule has 25 heavy (non-hydrogen) atoms. The van der Waals surface area contributed by atoms with E-state index in [1.807, 2.05) is 25.1 Å². The largest absolute Gasteiger partial charge is 0.489 e. The van der Waals surface area contributed by atoms with Crippen molar-refractivity contribution in [1.29, 1.82) is 0 Å². The van der Waals surface area contributed by atoms with Crippen molar-refractivity contribution in [3.05, 3.63) is 63.4 Å². The third-order valence-electron chi connectivity index (χ3n) is 5.06. The van der Waals surface area contributed by atoms with E-state index < -0.39 is 0 Å². The lowest BCUT2D eigenvalue weighted by atomic mass is 10.0. The molecule has 0 saturated heterocycles. The van der Waals surface area contributed by atoms with Gasteiger partial charge in [-0.15, -0.1) is 0 Å². The Labute approximate surface area is 154 Å². The van der Waals surface area contributed by atoms with E-state index >= 15 is 0 Å². The predicted molar refractivity (Wildman–Crippen MR) is 94.9 cm³/mol. The molecular formula is C20H18BrFO3. The smallest absolute Gasteiger partial charge is 0.309 e. The van der Waals surface area contributed by atoms with Crippen molar-refractivity contribution in [2.75, 3.05) is 6.61 Å². The molecule has 3 nitrogen and oxygen atoms in total. The molecule has 2 aromatic rings. The number of esters is 1. The molecule has 0 heterocycles. The molecule has 0 spiro atoms. The quantitative estimate of drug-likeness (QED) is 0.682. The summed E-state index contributed by atoms with van der Waals surface area (Å²) in [4.78, 5) is 11.9. The van der Waals surface area contributed by atoms with Crippen molar-refractivity contribution in [2.24, 2.45) is 11.8 Å². The van der Waals surface area contributed by atoms with Gasteiger partial charge in [-0.05, 0) is 60.7 Å². The van der Waals surface area contributed by atoms with Crippen LogP contribution in [0.1, 0.15) is 29.5 Å². The summed E-state index contributed by atoms with van der Waals surface area (Å²) in [5, 5.41) is 0. The molecule has 0 radical (unpaired) electrons. The molecule has 0 bridgehead atoms. The van der Waals surface area contributed by atoms with Crippen LogP contribution in [0.25, 0.3) is 0 Å². The SMILES string of the molecule is CCOC(=O)C1C2Cc3cc(OCc4cc(Br)ccc4F)ccc3C21. The number of ether oxygens (including phenoxy) is 2. The van der Waals surface area contributed by atoms with Crippen LogP contribution in [0, 0.1) is 17.7 Å². The highest BCUT2D eigenvalue weighted by Gasteiger charge is 2.60. The fourth-order valence-corrected chi connectivity index (χ4v) is 4.26. The Kier molecular flexibility index (Phi) is 4.28. The van der Waals surface area contributed by atoms with Crippen molar-refractivity contribution in [3.8, 4) is 5.75 Å². The van der Waals surface area contributed by atoms with Crippen LogP contribution in [0.15, 0.2) is 40.9 Å². The molecule has 2 aromatic carbocycles. The van der Waals surface area contributed by atoms with E-state index in [1.165, 1.54) is 17.2 Å². The molecular weight excluding hydrogens is 387 g/mol. The highest BCUT2D eigenvalue weighted by molar-refractivity contribution is 9.10. The first-order valence-corrected chi connectivity index (χ1v) is 9.24. The van der Waals surface area contributed by atoms with Gasteiger partial charge in [0.2, 0.25) is 0 Å². The van der Waals surface area contributed by atoms with Crippen LogP contribution in [0.5, 0.6) is 5.75 Å². The fourth-order valence-electron chi connectivity index (χ4n) is 3.85. The summed E-state index contributed by atoms with van der Waals surface area (Å²) in [5.74, 6) is 1.07. The lowest BCUT2D eigenvalue weighted by molar-refractivity contribution is -0.145. The molecule has 5 heteroatoms. The Hall–Kier alpha value is -1.88. The van der Waals surface area contributed by atoms with Crippen LogP contribution in [0.3, 0.4) is 0 Å². The van der Waals surface area contributed by atoms with Crippen LogP contribution in [-0.2, 0) is 22.6 Å². The van der Waals surface area contributed by atoms with E-state index in [1.54, 1.807) is 12.1 Å². The fraction of sp³-hybridized carbons (Fsp3) is 0.350. The highest BCUT2D eigenvalue weighted by atomic mass is 79.9. The minimum absolute atomic E-state index is 0.0231. The predicted octanol–water partition coefficient (Wildman–Crippen LogP) is 4.62. The van der Waals surface area contributed by atoms with Gasteiger partial charge in [-0.1, -0.05) is 22.0 Å². The minimum Gasteiger partial charge on any atom is -0.489 e. The first kappa shape index (κ1) is 16.6. The second-order valence-electron chi connectivity index (χ2n) is 6.56. The molecule has 4 rings (SSSR count). The van der Waals surface area contributed by atoms with Crippen molar-refractivity contribution < 1.29 is 18.7 Å². The van der Waals surface area contributed by atoms with Crippen LogP contribution >= 0.6 is 15.9 Å². The summed E-state index contributed by atoms with van der Waals surface area (Å²) in [7, 11) is 0. The number of carbonyl (C=O) groups excluding carboxylic acids is 1. The zero-order valence-electron chi connectivity index (χ0n) is 13.8. The monoisotopic (exact) mass is 404 g/mol. The average Bonchev–Trinajstić information content (AvgIpc) is 3.18. The molecule has 2 aliphatic carbocycles. The van der Waals surface area contributed by atoms with Gasteiger partial charge in [0.1, 0.15) is 18.2 Å². The first-order valence-electron chi connectivity index (χ1n) is 8.44. The van der Waals surface area contributed by atoms with Gasteiger partial charge < -0.3 is 9.47 Å². The number of carbonyl (C=O) groups is 1. The molecule has 3 atom stereocenters. The lowest BCUT2D eigenvalue weighted by Crippen LogP contribution is -2.11. The van der Waals surface area contributed by atoms with E-state index in [0.717, 1.165) is 16.6 Å². The standard InChI is InChI=1S/C20H18BrFO3/c1-2-24-20(23)19-16-9-11-8-14(4-5-15(11)18(16)19)25-10-12-7-13(21)3-6-17(12)22/h3-8,16,18-19H,2,9-10H2,1H3. The Morgan fingerprint density at radius 2 is 2.12 bits per heavy atom. The topological polar surface area (TPSA) is 35.5 Å². The van der Waals surface area contributed by atoms with E-state index in [-0.39, 0.29) is 24.3 Å². The van der Waals surface area contributed by atoms with Gasteiger partial charge in [0.25, 0.3) is 0 Å². The maximum atomic E-state index is 13.8. The van der Waals surface area contributed by atoms with E-state index in [9.17, 15) is 9.18 Å². The summed E-state index contributed by atoms with van der Waals surface area (Å²) in [6, 6.07) is 10.8. The number of benzene rings is 2. The van der Waals surface area contributed by atoms with Crippen molar-refractivity contribution in [2.45, 2.75) is 25.9 Å². The lowest BCUT2D eigenvalue weighted by Gasteiger charge is -2.11. The van der Waals surface area contributed by atoms with Gasteiger partial charge in [-0.3, -0.25) is 4.79 Å². The molecule has 0 amide bonds. The van der Waals surface area contributed by atoms with Crippen LogP contribution in [0.4, 0.5) is 4.39 Å². The van der Waals surface area contributed by atoms with E-state index in [2.05, 4.69) is 15.9 Å². The molecule has 130 valence electrons. The molecule has 3 unspecified atom stereocenters. The normalized spacial score (nSPS) is 22.9. The number of hydrogen-bond donors (Lipinski definition) is 0. The summed E-state index contributed by atoms with van der Waals surface area (Å²) in [6.45, 7) is 2.45. The Balaban J connectivity index is 1.44. The first-order chi connectivity index (χ1) is 12.1. The van der Waals surface area contributed by atoms with Gasteiger partial charge in [0.15, 0.2) is 0 Å². The number of fused-ring (bicyclic) bond motifs is 3. The van der Waals surface area contributed by atoms with Gasteiger partial charge >= 0.3 is 5.97 Å². The summed E-state index contributed by atoms with van der Waals surface area (Å²) in [5.41, 5.74) is 2.96. The van der Waals surface area contributed by atoms with Gasteiger partial charge in [0.05, 0.1) is 12.5 Å². The zero-order valence-corrected chi connectivity index (χ0v) is 15.4. The Bertz CT molecular complexity index is 836. The Morgan fingerprint density at radius 1 is 1.28 bits per heavy atom. The van der Waals surface area contributed by atoms with Crippen molar-refractivity contribution >= 4 is 21.9 Å². The molecule has 1 fully saturated rings. The maximum Gasteiger partial charge on any atom is 0.309 e. The van der Waals surface area contributed by atoms with Crippen molar-refractivity contribution in [1.82, 2.24) is 0 Å². The summed E-state index contributed by atoms with van der Waals surface area (Å²) in [6.07, 6.45) is 0.881. The molecule has 0 aromatic heterocycles. The van der Waals surface area contributed by atoms with Gasteiger partial charge in [-0.2, -0.15) is 0 Å². The number of halogens is 2. The molecule has 2 aliphatic rings. The van der Waals surface area contributed by atoms with Gasteiger partial charge in [-0.25, -0.2) is 4.39 Å². The van der Waals surface area contributed by atoms with Crippen molar-refractivity contribution in [3.63, 3.8) is 0 Å². The highest BCUT2D eigenvalue weighted by Crippen LogP contribution is 2.62. The zero-order chi connectivity index (χ0) is 17.6. The van der Waals surface area contributed by atoms with E-state index in [4.69, 9.17) is 9.47 Å². The molecule has 0 N–H and O–H groups in total. The van der Waals surface area contributed by atoms with Crippen LogP contribution in [-0.4, -0.2) is 12.6 Å². The second kappa shape index (κ2) is 6.45.